The van der Waals surface area contributed by atoms with E-state index in [4.69, 9.17) is 5.73 Å². The SMILES string of the molecule is Nc1ccc(C2CC2(F)F)cc1. The number of hydrogen-bond acceptors (Lipinski definition) is 1. The molecule has 3 heteroatoms. The first-order chi connectivity index (χ1) is 5.59. The third-order valence-corrected chi connectivity index (χ3v) is 2.16. The Bertz CT molecular complexity index is 292. The molecule has 0 radical (unpaired) electrons. The molecule has 1 aliphatic carbocycles. The lowest BCUT2D eigenvalue weighted by molar-refractivity contribution is 0.112. The van der Waals surface area contributed by atoms with E-state index in [0.717, 1.165) is 0 Å². The Morgan fingerprint density at radius 2 is 1.75 bits per heavy atom. The lowest BCUT2D eigenvalue weighted by Crippen LogP contribution is -1.93. The van der Waals surface area contributed by atoms with Gasteiger partial charge in [-0.3, -0.25) is 0 Å². The van der Waals surface area contributed by atoms with E-state index < -0.39 is 11.8 Å². The molecule has 0 aliphatic heterocycles. The van der Waals surface area contributed by atoms with Crippen LogP contribution in [-0.4, -0.2) is 5.92 Å². The van der Waals surface area contributed by atoms with Gasteiger partial charge in [0.2, 0.25) is 0 Å². The van der Waals surface area contributed by atoms with E-state index in [1.54, 1.807) is 24.3 Å². The highest BCUT2D eigenvalue weighted by Gasteiger charge is 2.57. The maximum atomic E-state index is 12.6. The number of nitrogen functional groups attached to an aromatic ring is 1. The van der Waals surface area contributed by atoms with Gasteiger partial charge in [0.25, 0.3) is 5.92 Å². The van der Waals surface area contributed by atoms with Crippen molar-refractivity contribution in [3.05, 3.63) is 29.8 Å². The van der Waals surface area contributed by atoms with E-state index in [1.807, 2.05) is 0 Å². The van der Waals surface area contributed by atoms with Gasteiger partial charge in [-0.25, -0.2) is 8.78 Å². The predicted octanol–water partition coefficient (Wildman–Crippen LogP) is 2.39. The van der Waals surface area contributed by atoms with Crippen LogP contribution in [0.2, 0.25) is 0 Å². The molecule has 0 saturated heterocycles. The molecule has 1 saturated carbocycles. The van der Waals surface area contributed by atoms with Gasteiger partial charge in [-0.15, -0.1) is 0 Å². The Morgan fingerprint density at radius 3 is 2.17 bits per heavy atom. The van der Waals surface area contributed by atoms with Crippen molar-refractivity contribution in [2.75, 3.05) is 5.73 Å². The largest absolute Gasteiger partial charge is 0.399 e. The fourth-order valence-electron chi connectivity index (χ4n) is 1.30. The molecule has 1 unspecified atom stereocenters. The van der Waals surface area contributed by atoms with Crippen LogP contribution in [0.15, 0.2) is 24.3 Å². The molecule has 1 fully saturated rings. The van der Waals surface area contributed by atoms with Gasteiger partial charge in [-0.05, 0) is 17.7 Å². The van der Waals surface area contributed by atoms with E-state index in [9.17, 15) is 8.78 Å². The smallest absolute Gasteiger partial charge is 0.255 e. The standard InChI is InChI=1S/C9H9F2N/c10-9(11)5-8(9)6-1-3-7(12)4-2-6/h1-4,8H,5,12H2. The highest BCUT2D eigenvalue weighted by Crippen LogP contribution is 2.55. The molecular weight excluding hydrogens is 160 g/mol. The Balaban J connectivity index is 2.21. The third kappa shape index (κ3) is 1.15. The number of hydrogen-bond donors (Lipinski definition) is 1. The number of rotatable bonds is 1. The summed E-state index contributed by atoms with van der Waals surface area (Å²) in [5.41, 5.74) is 6.73. The quantitative estimate of drug-likeness (QED) is 0.642. The highest BCUT2D eigenvalue weighted by molar-refractivity contribution is 5.42. The number of benzene rings is 1. The Hall–Kier alpha value is -1.12. The zero-order valence-corrected chi connectivity index (χ0v) is 6.43. The first kappa shape index (κ1) is 7.53. The van der Waals surface area contributed by atoms with Gasteiger partial charge in [-0.1, -0.05) is 12.1 Å². The van der Waals surface area contributed by atoms with Gasteiger partial charge in [0.15, 0.2) is 0 Å². The maximum Gasteiger partial charge on any atom is 0.255 e. The third-order valence-electron chi connectivity index (χ3n) is 2.16. The summed E-state index contributed by atoms with van der Waals surface area (Å²) in [6, 6.07) is 6.65. The summed E-state index contributed by atoms with van der Waals surface area (Å²) in [4.78, 5) is 0. The molecule has 64 valence electrons. The summed E-state index contributed by atoms with van der Waals surface area (Å²) in [6.07, 6.45) is -0.0169. The van der Waals surface area contributed by atoms with Gasteiger partial charge >= 0.3 is 0 Å². The molecule has 0 spiro atoms. The Morgan fingerprint density at radius 1 is 1.25 bits per heavy atom. The molecule has 12 heavy (non-hydrogen) atoms. The molecule has 0 heterocycles. The Kier molecular flexibility index (Phi) is 1.37. The highest BCUT2D eigenvalue weighted by atomic mass is 19.3. The van der Waals surface area contributed by atoms with Crippen molar-refractivity contribution in [3.63, 3.8) is 0 Å². The van der Waals surface area contributed by atoms with Crippen molar-refractivity contribution >= 4 is 5.69 Å². The minimum absolute atomic E-state index is 0.0169. The van der Waals surface area contributed by atoms with Gasteiger partial charge < -0.3 is 5.73 Å². The van der Waals surface area contributed by atoms with Crippen LogP contribution in [0.5, 0.6) is 0 Å². The van der Waals surface area contributed by atoms with E-state index in [2.05, 4.69) is 0 Å². The molecule has 0 amide bonds. The molecule has 0 aromatic heterocycles. The molecule has 2 rings (SSSR count). The second-order valence-corrected chi connectivity index (χ2v) is 3.18. The molecule has 1 aromatic rings. The molecular formula is C9H9F2N. The van der Waals surface area contributed by atoms with Crippen LogP contribution < -0.4 is 5.73 Å². The van der Waals surface area contributed by atoms with Crippen LogP contribution in [0, 0.1) is 0 Å². The van der Waals surface area contributed by atoms with E-state index in [1.165, 1.54) is 0 Å². The molecule has 1 aliphatic rings. The van der Waals surface area contributed by atoms with Crippen molar-refractivity contribution in [1.29, 1.82) is 0 Å². The lowest BCUT2D eigenvalue weighted by Gasteiger charge is -1.98. The van der Waals surface area contributed by atoms with Crippen molar-refractivity contribution in [1.82, 2.24) is 0 Å². The number of anilines is 1. The summed E-state index contributed by atoms with van der Waals surface area (Å²) >= 11 is 0. The minimum Gasteiger partial charge on any atom is -0.399 e. The van der Waals surface area contributed by atoms with E-state index >= 15 is 0 Å². The van der Waals surface area contributed by atoms with Crippen molar-refractivity contribution in [2.45, 2.75) is 18.3 Å². The van der Waals surface area contributed by atoms with Gasteiger partial charge in [0.1, 0.15) is 0 Å². The summed E-state index contributed by atoms with van der Waals surface area (Å²) in [7, 11) is 0. The van der Waals surface area contributed by atoms with Crippen LogP contribution >= 0.6 is 0 Å². The van der Waals surface area contributed by atoms with E-state index in [-0.39, 0.29) is 6.42 Å². The van der Waals surface area contributed by atoms with Crippen LogP contribution in [0.25, 0.3) is 0 Å². The van der Waals surface area contributed by atoms with Crippen LogP contribution in [0.4, 0.5) is 14.5 Å². The summed E-state index contributed by atoms with van der Waals surface area (Å²) < 4.78 is 25.1. The average Bonchev–Trinajstić information content (AvgIpc) is 2.61. The number of nitrogens with two attached hydrogens (primary N) is 1. The van der Waals surface area contributed by atoms with Gasteiger partial charge in [0.05, 0.1) is 5.92 Å². The predicted molar refractivity (Wildman–Crippen MR) is 43.2 cm³/mol. The molecule has 1 nitrogen and oxygen atoms in total. The minimum atomic E-state index is -2.48. The lowest BCUT2D eigenvalue weighted by atomic mass is 10.1. The summed E-state index contributed by atoms with van der Waals surface area (Å²) in [5, 5.41) is 0. The molecule has 2 N–H and O–H groups in total. The number of alkyl halides is 2. The Labute approximate surface area is 69.2 Å². The van der Waals surface area contributed by atoms with E-state index in [0.29, 0.717) is 11.3 Å². The molecule has 1 atom stereocenters. The zero-order chi connectivity index (χ0) is 8.77. The molecule has 1 aromatic carbocycles. The van der Waals surface area contributed by atoms with Crippen LogP contribution in [0.3, 0.4) is 0 Å². The average molecular weight is 169 g/mol. The molecule has 0 bridgehead atoms. The monoisotopic (exact) mass is 169 g/mol. The first-order valence-corrected chi connectivity index (χ1v) is 3.83. The first-order valence-electron chi connectivity index (χ1n) is 3.83. The summed E-state index contributed by atoms with van der Waals surface area (Å²) in [6.45, 7) is 0. The van der Waals surface area contributed by atoms with Crippen molar-refractivity contribution in [2.24, 2.45) is 0 Å². The number of halogens is 2. The van der Waals surface area contributed by atoms with Gasteiger partial charge in [-0.2, -0.15) is 0 Å². The maximum absolute atomic E-state index is 12.6. The van der Waals surface area contributed by atoms with Crippen LogP contribution in [-0.2, 0) is 0 Å². The second kappa shape index (κ2) is 2.19. The van der Waals surface area contributed by atoms with Crippen molar-refractivity contribution in [3.8, 4) is 0 Å². The fraction of sp³-hybridized carbons (Fsp3) is 0.333. The topological polar surface area (TPSA) is 26.0 Å². The van der Waals surface area contributed by atoms with Crippen LogP contribution in [0.1, 0.15) is 17.9 Å². The second-order valence-electron chi connectivity index (χ2n) is 3.18. The normalized spacial score (nSPS) is 25.3. The van der Waals surface area contributed by atoms with Gasteiger partial charge in [0, 0.05) is 12.1 Å². The fourth-order valence-corrected chi connectivity index (χ4v) is 1.30. The zero-order valence-electron chi connectivity index (χ0n) is 6.43. The van der Waals surface area contributed by atoms with Crippen molar-refractivity contribution < 1.29 is 8.78 Å². The summed E-state index contributed by atoms with van der Waals surface area (Å²) in [5.74, 6) is -3.05.